The molecule has 4 rings (SSSR count). The molecule has 43 nitrogen and oxygen atoms in total. The molecule has 0 aliphatic carbocycles. The molecule has 2 heterocycles. The fourth-order valence-electron chi connectivity index (χ4n) is 13.3. The second kappa shape index (κ2) is 55.8. The van der Waals surface area contributed by atoms with Gasteiger partial charge in [-0.05, 0) is 166 Å². The normalized spacial score (nSPS) is 22.2. The highest BCUT2D eigenvalue weighted by atomic mass is 16.3. The zero-order chi connectivity index (χ0) is 91.1. The Hall–Kier alpha value is -12.0. The number of aliphatic hydroxyl groups excluding tert-OH is 1. The summed E-state index contributed by atoms with van der Waals surface area (Å²) in [5, 5.41) is 50.1. The average Bonchev–Trinajstić information content (AvgIpc) is 0.857. The molecule has 34 N–H and O–H groups in total. The van der Waals surface area contributed by atoms with Crippen molar-refractivity contribution in [3.8, 4) is 0 Å². The van der Waals surface area contributed by atoms with E-state index in [0.29, 0.717) is 18.4 Å². The minimum Gasteiger partial charge on any atom is -0.393 e. The number of ketones is 1. The number of aliphatic hydroxyl groups is 1. The minimum atomic E-state index is -1.89. The molecular weight excluding hydrogens is 1600 g/mol. The molecule has 2 saturated heterocycles. The number of guanidine groups is 2. The number of Topliss-reactive ketones (excluding diaryl/α,β-unsaturated/α-hetero) is 1. The van der Waals surface area contributed by atoms with Gasteiger partial charge in [-0.2, -0.15) is 0 Å². The van der Waals surface area contributed by atoms with E-state index < -0.39 is 217 Å². The van der Waals surface area contributed by atoms with Crippen LogP contribution in [0.15, 0.2) is 60.7 Å². The lowest BCUT2D eigenvalue weighted by molar-refractivity contribution is -0.460. The van der Waals surface area contributed by atoms with Crippen molar-refractivity contribution in [2.75, 3.05) is 52.4 Å². The van der Waals surface area contributed by atoms with Crippen molar-refractivity contribution in [2.24, 2.45) is 57.7 Å². The van der Waals surface area contributed by atoms with E-state index in [9.17, 15) is 77.0 Å². The summed E-state index contributed by atoms with van der Waals surface area (Å²) in [7, 11) is 0. The minimum absolute atomic E-state index is 0.00206. The predicted octanol–water partition coefficient (Wildman–Crippen LogP) is -11.2. The van der Waals surface area contributed by atoms with E-state index in [1.54, 1.807) is 74.5 Å². The molecule has 2 fully saturated rings. The Morgan fingerprint density at radius 2 is 0.919 bits per heavy atom. The molecule has 0 bridgehead atoms. The zero-order valence-electron chi connectivity index (χ0n) is 70.7. The van der Waals surface area contributed by atoms with E-state index in [4.69, 9.17) is 45.9 Å². The fourth-order valence-corrected chi connectivity index (χ4v) is 13.3. The molecule has 16 amide bonds. The molecule has 0 radical (unpaired) electrons. The zero-order valence-corrected chi connectivity index (χ0v) is 70.7. The second-order valence-corrected chi connectivity index (χ2v) is 31.1. The number of benzene rings is 2. The van der Waals surface area contributed by atoms with Gasteiger partial charge in [0.2, 0.25) is 94.5 Å². The highest BCUT2D eigenvalue weighted by Crippen LogP contribution is 2.18. The standard InChI is InChI=1S/C80H129N25O18/c1-45(2)37-60-77(122)103-59(67(84)112)41-63(108)89-33-18-14-28-55(72(117)101-57(30-20-36-92-80(87)88)74(119)100-53(75(120)104-60)25-11-15-31-81)102-78(123)61-42-64(109)90-34-17-13-27-52(71(116)95-46(3)68(113)97-56(29-19-35-91-79(85)86)73(118)99-54(76(121)105-61)26-12-16-32-82)98-69(114)50(47(4)106)40-62(107)58(39-49-23-9-6-10-24-49)96-66(111)44-93-65(110)43-94-70(115)51(83)38-48-21-7-5-8-22-48/h5-10,21-24,45-47,50-61,106H,11-20,25-44,81-83H2,1-4H3,(H2,84,112)(H,89,108)(H,90,109)(H,93,110)(H,94,115)(H,95,116)(H,96,111)(H,97,113)(H,98,114)(H,99,118)(H,100,119)(H,101,117)(H,102,123)(H,103,122)(H,104,120)(H,105,121)(H4,85,86,91)(H4,87,88,92)/p+2/t46-,47?,50-,51-,52-,53-,54-,55-,56-,57-,58-,59-,60-,61-/m0/s1. The first kappa shape index (κ1) is 103. The number of unbranched alkanes of at least 4 members (excludes halogenated alkanes) is 2. The summed E-state index contributed by atoms with van der Waals surface area (Å²) < 4.78 is 0. The molecule has 1 unspecified atom stereocenters. The summed E-state index contributed by atoms with van der Waals surface area (Å²) in [6.45, 7) is 5.00. The van der Waals surface area contributed by atoms with Crippen LogP contribution in [0, 0.1) is 11.8 Å². The van der Waals surface area contributed by atoms with Gasteiger partial charge in [0.1, 0.15) is 60.4 Å². The van der Waals surface area contributed by atoms with Crippen molar-refractivity contribution in [3.05, 3.63) is 71.8 Å². The van der Waals surface area contributed by atoms with Crippen LogP contribution < -0.4 is 136 Å². The largest absolute Gasteiger partial charge is 0.393 e. The smallest absolute Gasteiger partial charge is 0.338 e. The van der Waals surface area contributed by atoms with Crippen molar-refractivity contribution in [3.63, 3.8) is 0 Å². The van der Waals surface area contributed by atoms with Gasteiger partial charge in [-0.25, -0.2) is 0 Å². The molecule has 2 aliphatic rings. The van der Waals surface area contributed by atoms with Gasteiger partial charge in [0.25, 0.3) is 0 Å². The van der Waals surface area contributed by atoms with Gasteiger partial charge in [0.05, 0.1) is 63.1 Å². The Kier molecular flexibility index (Phi) is 46.9. The predicted molar refractivity (Wildman–Crippen MR) is 450 cm³/mol. The first-order valence-electron chi connectivity index (χ1n) is 41.9. The first-order valence-corrected chi connectivity index (χ1v) is 41.9. The number of carbonyl (C=O) groups is 17. The number of amides is 16. The number of hydrogen-bond acceptors (Lipinski definition) is 21. The van der Waals surface area contributed by atoms with Gasteiger partial charge in [0.15, 0.2) is 5.78 Å². The van der Waals surface area contributed by atoms with Gasteiger partial charge >= 0.3 is 11.9 Å². The summed E-state index contributed by atoms with van der Waals surface area (Å²) in [6, 6.07) is -0.319. The number of rotatable bonds is 37. The summed E-state index contributed by atoms with van der Waals surface area (Å²) in [5.74, 6) is -17.4. The van der Waals surface area contributed by atoms with Crippen LogP contribution in [0.3, 0.4) is 0 Å². The van der Waals surface area contributed by atoms with E-state index in [2.05, 4.69) is 89.7 Å². The summed E-state index contributed by atoms with van der Waals surface area (Å²) in [6.07, 6.45) is -3.22. The Morgan fingerprint density at radius 1 is 0.488 bits per heavy atom. The van der Waals surface area contributed by atoms with E-state index >= 15 is 9.59 Å². The highest BCUT2D eigenvalue weighted by molar-refractivity contribution is 6.01. The Morgan fingerprint density at radius 3 is 1.41 bits per heavy atom. The van der Waals surface area contributed by atoms with Crippen molar-refractivity contribution in [2.45, 2.75) is 248 Å². The molecule has 2 aromatic rings. The molecule has 682 valence electrons. The van der Waals surface area contributed by atoms with Crippen molar-refractivity contribution < 1.29 is 96.6 Å². The van der Waals surface area contributed by atoms with Gasteiger partial charge in [-0.3, -0.25) is 114 Å². The summed E-state index contributed by atoms with van der Waals surface area (Å²) in [5.41, 5.74) is 47.5. The number of hydrogen-bond donors (Lipinski definition) is 26. The monoisotopic (exact) mass is 1730 g/mol. The quantitative estimate of drug-likeness (QED) is 0.0170. The lowest BCUT2D eigenvalue weighted by Gasteiger charge is -2.29. The van der Waals surface area contributed by atoms with Crippen LogP contribution in [0.2, 0.25) is 0 Å². The van der Waals surface area contributed by atoms with E-state index in [1.807, 2.05) is 0 Å². The fraction of sp³-hybridized carbons (Fsp3) is 0.613. The number of primary amides is 1. The maximum atomic E-state index is 15.2. The maximum absolute atomic E-state index is 15.2. The molecule has 14 atom stereocenters. The lowest BCUT2D eigenvalue weighted by Crippen LogP contribution is -2.78. The highest BCUT2D eigenvalue weighted by Gasteiger charge is 2.39. The van der Waals surface area contributed by atoms with Crippen LogP contribution in [-0.4, -0.2) is 248 Å². The third kappa shape index (κ3) is 40.5. The molecule has 0 spiro atoms. The van der Waals surface area contributed by atoms with Crippen LogP contribution in [0.1, 0.15) is 167 Å². The Bertz CT molecular complexity index is 3910. The first-order chi connectivity index (χ1) is 58.5. The Labute approximate surface area is 715 Å². The van der Waals surface area contributed by atoms with Crippen LogP contribution in [-0.2, 0) is 94.3 Å². The van der Waals surface area contributed by atoms with E-state index in [-0.39, 0.29) is 166 Å². The molecule has 43 heteroatoms. The molecule has 2 aromatic carbocycles. The Balaban J connectivity index is 1.74. The number of nitrogens with two attached hydrogens (primary N) is 8. The van der Waals surface area contributed by atoms with Crippen molar-refractivity contribution in [1.82, 2.24) is 79.8 Å². The van der Waals surface area contributed by atoms with Crippen LogP contribution >= 0.6 is 0 Å². The maximum Gasteiger partial charge on any atom is 0.338 e. The van der Waals surface area contributed by atoms with Crippen LogP contribution in [0.25, 0.3) is 0 Å². The van der Waals surface area contributed by atoms with Gasteiger partial charge in [-0.1, -0.05) is 74.5 Å². The van der Waals surface area contributed by atoms with Gasteiger partial charge in [0, 0.05) is 19.5 Å². The molecule has 0 saturated carbocycles. The topological polar surface area (TPSA) is 727 Å². The van der Waals surface area contributed by atoms with Gasteiger partial charge in [-0.15, -0.1) is 0 Å². The van der Waals surface area contributed by atoms with Crippen LogP contribution in [0.5, 0.6) is 0 Å². The van der Waals surface area contributed by atoms with E-state index in [1.165, 1.54) is 13.8 Å². The second-order valence-electron chi connectivity index (χ2n) is 31.1. The lowest BCUT2D eigenvalue weighted by atomic mass is 9.90. The van der Waals surface area contributed by atoms with E-state index in [0.717, 1.165) is 5.56 Å². The van der Waals surface area contributed by atoms with Crippen molar-refractivity contribution in [1.29, 1.82) is 0 Å². The third-order valence-electron chi connectivity index (χ3n) is 20.2. The molecule has 2 aliphatic heterocycles. The summed E-state index contributed by atoms with van der Waals surface area (Å²) in [4.78, 5) is 246. The average molecular weight is 1730 g/mol. The third-order valence-corrected chi connectivity index (χ3v) is 20.2. The number of carbonyl (C=O) groups excluding carboxylic acids is 17. The molecule has 123 heavy (non-hydrogen) atoms. The van der Waals surface area contributed by atoms with Crippen LogP contribution in [0.4, 0.5) is 0 Å². The number of nitrogens with one attached hydrogen (secondary N) is 17. The summed E-state index contributed by atoms with van der Waals surface area (Å²) >= 11 is 0. The molecule has 0 aromatic heterocycles. The van der Waals surface area contributed by atoms with Crippen molar-refractivity contribution >= 4 is 112 Å². The van der Waals surface area contributed by atoms with Gasteiger partial charge < -0.3 is 108 Å². The SMILES string of the molecule is CC(C)C[C@@H]1NC(=O)[C@H](CCCCN)NC(=O)[C@H](CCC[NH+]=C(N)N)NC(=O)[C@@H](NC(=O)[C@@H]2CC(=O)NCCCC[C@H](NC(=O)[C@@H](CC(=O)[C@H](Cc3ccccc3)NC(=O)CNC(=O)CNC(=O)[C@@H](N)Cc3ccccc3)C(C)O)C(=O)N[C@@H](C)C(=O)N[C@@H](CCC[NH+]=C(N)N)C(=O)N[C@@H](CCCCN)C(=O)N2)CCCCNC(=O)C[C@@H](C(N)=O)NC1=O. The molecular formula is C80H131N25O18+2.